The van der Waals surface area contributed by atoms with Crippen LogP contribution in [0.2, 0.25) is 0 Å². The third-order valence-corrected chi connectivity index (χ3v) is 8.52. The Bertz CT molecular complexity index is 1260. The molecule has 0 unspecified atom stereocenters. The highest BCUT2D eigenvalue weighted by atomic mass is 32.2. The van der Waals surface area contributed by atoms with Crippen molar-refractivity contribution in [2.24, 2.45) is 0 Å². The number of methoxy groups -OCH3 is 1. The molecule has 184 valence electrons. The molecule has 3 aromatic carbocycles. The molecular weight excluding hydrogens is 467 g/mol. The summed E-state index contributed by atoms with van der Waals surface area (Å²) in [6, 6.07) is 22.2. The van der Waals surface area contributed by atoms with Crippen LogP contribution < -0.4 is 10.1 Å². The van der Waals surface area contributed by atoms with Crippen LogP contribution in [0, 0.1) is 5.82 Å². The van der Waals surface area contributed by atoms with Crippen LogP contribution in [-0.2, 0) is 26.7 Å². The van der Waals surface area contributed by atoms with Gasteiger partial charge in [0, 0.05) is 19.6 Å². The van der Waals surface area contributed by atoms with E-state index in [1.807, 2.05) is 54.6 Å². The first-order valence-corrected chi connectivity index (χ1v) is 13.0. The molecule has 1 aliphatic rings. The lowest BCUT2D eigenvalue weighted by Crippen LogP contribution is -2.53. The monoisotopic (exact) mass is 496 g/mol. The summed E-state index contributed by atoms with van der Waals surface area (Å²) in [6.45, 7) is 0.796. The number of ether oxygens (including phenoxy) is 1. The molecule has 1 fully saturated rings. The minimum Gasteiger partial charge on any atom is -0.497 e. The lowest BCUT2D eigenvalue weighted by atomic mass is 9.72. The van der Waals surface area contributed by atoms with Gasteiger partial charge in [0.05, 0.1) is 17.4 Å². The number of hydrogen-bond acceptors (Lipinski definition) is 4. The van der Waals surface area contributed by atoms with Gasteiger partial charge in [-0.05, 0) is 60.7 Å². The summed E-state index contributed by atoms with van der Waals surface area (Å²) in [6.07, 6.45) is 1.33. The number of carbonyl (C=O) groups excluding carboxylic acids is 1. The van der Waals surface area contributed by atoms with Crippen molar-refractivity contribution < 1.29 is 22.3 Å². The zero-order valence-corrected chi connectivity index (χ0v) is 20.4. The van der Waals surface area contributed by atoms with Gasteiger partial charge in [-0.3, -0.25) is 4.79 Å². The Hall–Kier alpha value is -3.23. The number of piperidine rings is 1. The highest BCUT2D eigenvalue weighted by Gasteiger charge is 2.45. The van der Waals surface area contributed by atoms with E-state index in [0.717, 1.165) is 22.9 Å². The van der Waals surface area contributed by atoms with Gasteiger partial charge in [-0.15, -0.1) is 0 Å². The number of halogens is 1. The zero-order chi connectivity index (χ0) is 24.9. The number of sulfonamides is 1. The van der Waals surface area contributed by atoms with E-state index >= 15 is 0 Å². The molecular formula is C27H29FN2O4S. The van der Waals surface area contributed by atoms with Crippen molar-refractivity contribution in [2.75, 3.05) is 26.7 Å². The Morgan fingerprint density at radius 3 is 2.31 bits per heavy atom. The van der Waals surface area contributed by atoms with E-state index < -0.39 is 21.3 Å². The maximum atomic E-state index is 13.7. The average Bonchev–Trinajstić information content (AvgIpc) is 2.89. The van der Waals surface area contributed by atoms with Crippen molar-refractivity contribution in [3.63, 3.8) is 0 Å². The van der Waals surface area contributed by atoms with Gasteiger partial charge in [0.2, 0.25) is 15.9 Å². The van der Waals surface area contributed by atoms with Crippen molar-refractivity contribution in [1.29, 1.82) is 0 Å². The van der Waals surface area contributed by atoms with E-state index in [4.69, 9.17) is 4.74 Å². The second kappa shape index (κ2) is 10.6. The molecule has 1 saturated heterocycles. The Kier molecular flexibility index (Phi) is 7.52. The Labute approximate surface area is 205 Å². The first-order chi connectivity index (χ1) is 16.8. The Balaban J connectivity index is 1.48. The summed E-state index contributed by atoms with van der Waals surface area (Å²) in [5.74, 6) is 0.0683. The van der Waals surface area contributed by atoms with Gasteiger partial charge >= 0.3 is 0 Å². The Morgan fingerprint density at radius 1 is 1.00 bits per heavy atom. The summed E-state index contributed by atoms with van der Waals surface area (Å²) >= 11 is 0. The van der Waals surface area contributed by atoms with Crippen LogP contribution in [0.4, 0.5) is 4.39 Å². The van der Waals surface area contributed by atoms with Crippen molar-refractivity contribution in [3.8, 4) is 5.75 Å². The Morgan fingerprint density at radius 2 is 1.69 bits per heavy atom. The predicted molar refractivity (Wildman–Crippen MR) is 132 cm³/mol. The number of nitrogens with one attached hydrogen (secondary N) is 1. The molecule has 0 saturated carbocycles. The number of benzene rings is 3. The number of nitrogens with zero attached hydrogens (tertiary/aromatic N) is 1. The lowest BCUT2D eigenvalue weighted by Gasteiger charge is -2.40. The van der Waals surface area contributed by atoms with Crippen LogP contribution in [0.25, 0.3) is 0 Å². The van der Waals surface area contributed by atoms with Crippen molar-refractivity contribution >= 4 is 15.9 Å². The maximum Gasteiger partial charge on any atom is 0.243 e. The van der Waals surface area contributed by atoms with Gasteiger partial charge in [0.15, 0.2) is 0 Å². The van der Waals surface area contributed by atoms with E-state index in [0.29, 0.717) is 25.8 Å². The lowest BCUT2D eigenvalue weighted by molar-refractivity contribution is -0.128. The van der Waals surface area contributed by atoms with Crippen molar-refractivity contribution in [1.82, 2.24) is 9.62 Å². The number of amides is 1. The third-order valence-electron chi connectivity index (χ3n) is 6.63. The molecule has 3 aromatic rings. The largest absolute Gasteiger partial charge is 0.497 e. The van der Waals surface area contributed by atoms with Gasteiger partial charge in [-0.2, -0.15) is 4.31 Å². The summed E-state index contributed by atoms with van der Waals surface area (Å²) in [5.41, 5.74) is 1.11. The standard InChI is InChI=1S/C27H29FN2O4S/c1-34-24-12-10-21(11-13-24)14-17-29-26(31)27(22-6-3-2-4-7-22)15-18-30(19-16-27)35(32,33)25-9-5-8-23(28)20-25/h2-13,20H,14-19H2,1H3,(H,29,31). The predicted octanol–water partition coefficient (Wildman–Crippen LogP) is 3.92. The van der Waals surface area contributed by atoms with Gasteiger partial charge in [-0.25, -0.2) is 12.8 Å². The molecule has 1 N–H and O–H groups in total. The fraction of sp³-hybridized carbons (Fsp3) is 0.296. The van der Waals surface area contributed by atoms with E-state index in [9.17, 15) is 17.6 Å². The molecule has 0 aromatic heterocycles. The van der Waals surface area contributed by atoms with Gasteiger partial charge in [-0.1, -0.05) is 48.5 Å². The highest BCUT2D eigenvalue weighted by molar-refractivity contribution is 7.89. The molecule has 1 heterocycles. The van der Waals surface area contributed by atoms with Crippen molar-refractivity contribution in [3.05, 3.63) is 95.8 Å². The molecule has 4 rings (SSSR count). The summed E-state index contributed by atoms with van der Waals surface area (Å²) in [5, 5.41) is 3.07. The molecule has 1 aliphatic heterocycles. The summed E-state index contributed by atoms with van der Waals surface area (Å²) in [4.78, 5) is 13.5. The van der Waals surface area contributed by atoms with E-state index in [2.05, 4.69) is 5.32 Å². The highest BCUT2D eigenvalue weighted by Crippen LogP contribution is 2.37. The minimum absolute atomic E-state index is 0.0753. The molecule has 0 aliphatic carbocycles. The molecule has 0 bridgehead atoms. The fourth-order valence-corrected chi connectivity index (χ4v) is 6.04. The number of carbonyl (C=O) groups is 1. The molecule has 0 spiro atoms. The van der Waals surface area contributed by atoms with E-state index in [-0.39, 0.29) is 23.9 Å². The van der Waals surface area contributed by atoms with Gasteiger partial charge in [0.1, 0.15) is 11.6 Å². The minimum atomic E-state index is -3.85. The van der Waals surface area contributed by atoms with Crippen LogP contribution in [0.1, 0.15) is 24.0 Å². The smallest absolute Gasteiger partial charge is 0.243 e. The molecule has 6 nitrogen and oxygen atoms in total. The van der Waals surface area contributed by atoms with Crippen LogP contribution in [0.5, 0.6) is 5.75 Å². The van der Waals surface area contributed by atoms with E-state index in [1.54, 1.807) is 7.11 Å². The topological polar surface area (TPSA) is 75.7 Å². The van der Waals surface area contributed by atoms with Crippen molar-refractivity contribution in [2.45, 2.75) is 29.6 Å². The molecule has 35 heavy (non-hydrogen) atoms. The van der Waals surface area contributed by atoms with Gasteiger partial charge < -0.3 is 10.1 Å². The van der Waals surface area contributed by atoms with E-state index in [1.165, 1.54) is 22.5 Å². The SMILES string of the molecule is COc1ccc(CCNC(=O)C2(c3ccccc3)CCN(S(=O)(=O)c3cccc(F)c3)CC2)cc1. The second-order valence-electron chi connectivity index (χ2n) is 8.66. The fourth-order valence-electron chi connectivity index (χ4n) is 4.57. The zero-order valence-electron chi connectivity index (χ0n) is 19.6. The number of rotatable bonds is 8. The van der Waals surface area contributed by atoms with Crippen LogP contribution in [0.3, 0.4) is 0 Å². The average molecular weight is 497 g/mol. The summed E-state index contributed by atoms with van der Waals surface area (Å²) in [7, 11) is -2.23. The second-order valence-corrected chi connectivity index (χ2v) is 10.6. The van der Waals surface area contributed by atoms with Crippen LogP contribution >= 0.6 is 0 Å². The summed E-state index contributed by atoms with van der Waals surface area (Å²) < 4.78 is 46.3. The molecule has 0 atom stereocenters. The molecule has 1 amide bonds. The van der Waals surface area contributed by atoms with Gasteiger partial charge in [0.25, 0.3) is 0 Å². The quantitative estimate of drug-likeness (QED) is 0.513. The molecule has 0 radical (unpaired) electrons. The first-order valence-electron chi connectivity index (χ1n) is 11.6. The van der Waals surface area contributed by atoms with Crippen LogP contribution in [0.15, 0.2) is 83.8 Å². The maximum absolute atomic E-state index is 13.7. The molecule has 8 heteroatoms. The first kappa shape index (κ1) is 24.9. The third kappa shape index (κ3) is 5.39. The van der Waals surface area contributed by atoms with Crippen LogP contribution in [-0.4, -0.2) is 45.4 Å². The normalized spacial score (nSPS) is 15.9. The number of hydrogen-bond donors (Lipinski definition) is 1.